The maximum Gasteiger partial charge on any atom is 0.0749 e. The Balaban J connectivity index is 2.64. The van der Waals surface area contributed by atoms with Crippen LogP contribution in [0.5, 0.6) is 0 Å². The van der Waals surface area contributed by atoms with E-state index in [1.54, 1.807) is 0 Å². The van der Waals surface area contributed by atoms with E-state index in [1.165, 1.54) is 0 Å². The maximum absolute atomic E-state index is 4.01. The molecule has 0 bridgehead atoms. The molecule has 2 heteroatoms. The van der Waals surface area contributed by atoms with Crippen LogP contribution in [0.1, 0.15) is 20.8 Å². The highest BCUT2D eigenvalue weighted by Gasteiger charge is 2.29. The van der Waals surface area contributed by atoms with Gasteiger partial charge in [-0.15, -0.1) is 0 Å². The molecule has 1 heterocycles. The molecule has 0 fully saturated rings. The van der Waals surface area contributed by atoms with Crippen LogP contribution in [0.3, 0.4) is 0 Å². The molecule has 1 aliphatic heterocycles. The summed E-state index contributed by atoms with van der Waals surface area (Å²) in [5.74, 6) is 0. The molecule has 8 heavy (non-hydrogen) atoms. The molecular weight excluding hydrogens is 100 g/mol. The summed E-state index contributed by atoms with van der Waals surface area (Å²) in [5, 5.41) is 7.96. The summed E-state index contributed by atoms with van der Waals surface area (Å²) in [7, 11) is 0. The SMILES string of the molecule is CC1N=NCC1(C)C. The van der Waals surface area contributed by atoms with E-state index in [2.05, 4.69) is 31.0 Å². The highest BCUT2D eigenvalue weighted by atomic mass is 15.2. The lowest BCUT2D eigenvalue weighted by Gasteiger charge is -2.18. The van der Waals surface area contributed by atoms with Crippen molar-refractivity contribution in [3.8, 4) is 0 Å². The topological polar surface area (TPSA) is 24.7 Å². The van der Waals surface area contributed by atoms with E-state index in [-0.39, 0.29) is 0 Å². The predicted octanol–water partition coefficient (Wildman–Crippen LogP) is 1.87. The van der Waals surface area contributed by atoms with E-state index in [0.29, 0.717) is 11.5 Å². The lowest BCUT2D eigenvalue weighted by Crippen LogP contribution is -2.22. The van der Waals surface area contributed by atoms with Gasteiger partial charge < -0.3 is 0 Å². The summed E-state index contributed by atoms with van der Waals surface area (Å²) in [6.45, 7) is 7.39. The van der Waals surface area contributed by atoms with Gasteiger partial charge in [-0.1, -0.05) is 13.8 Å². The van der Waals surface area contributed by atoms with E-state index in [4.69, 9.17) is 0 Å². The Hall–Kier alpha value is -0.400. The van der Waals surface area contributed by atoms with Gasteiger partial charge in [-0.2, -0.15) is 10.2 Å². The van der Waals surface area contributed by atoms with E-state index in [9.17, 15) is 0 Å². The molecule has 0 aromatic carbocycles. The van der Waals surface area contributed by atoms with Crippen molar-refractivity contribution in [2.75, 3.05) is 6.54 Å². The van der Waals surface area contributed by atoms with Crippen LogP contribution in [0.4, 0.5) is 0 Å². The van der Waals surface area contributed by atoms with Crippen molar-refractivity contribution < 1.29 is 0 Å². The molecule has 0 saturated carbocycles. The second kappa shape index (κ2) is 1.54. The molecule has 1 unspecified atom stereocenters. The fourth-order valence-corrected chi connectivity index (χ4v) is 0.634. The van der Waals surface area contributed by atoms with Crippen molar-refractivity contribution in [3.05, 3.63) is 0 Å². The van der Waals surface area contributed by atoms with Crippen LogP contribution in [-0.2, 0) is 0 Å². The van der Waals surface area contributed by atoms with Crippen LogP contribution in [-0.4, -0.2) is 12.6 Å². The highest BCUT2D eigenvalue weighted by molar-refractivity contribution is 4.85. The summed E-state index contributed by atoms with van der Waals surface area (Å²) in [6.07, 6.45) is 0. The molecule has 0 radical (unpaired) electrons. The largest absolute Gasteiger partial charge is 0.193 e. The molecule has 0 saturated heterocycles. The summed E-state index contributed by atoms with van der Waals surface area (Å²) in [5.41, 5.74) is 0.319. The molecule has 0 amide bonds. The predicted molar refractivity (Wildman–Crippen MR) is 33.0 cm³/mol. The zero-order valence-corrected chi connectivity index (χ0v) is 5.68. The van der Waals surface area contributed by atoms with E-state index >= 15 is 0 Å². The van der Waals surface area contributed by atoms with Crippen molar-refractivity contribution in [3.63, 3.8) is 0 Å². The number of rotatable bonds is 0. The molecule has 0 N–H and O–H groups in total. The molecule has 0 spiro atoms. The van der Waals surface area contributed by atoms with Gasteiger partial charge in [0, 0.05) is 5.41 Å². The van der Waals surface area contributed by atoms with Gasteiger partial charge in [0.25, 0.3) is 0 Å². The average molecular weight is 112 g/mol. The van der Waals surface area contributed by atoms with Crippen LogP contribution < -0.4 is 0 Å². The lowest BCUT2D eigenvalue weighted by atomic mass is 9.87. The number of azo groups is 1. The van der Waals surface area contributed by atoms with Crippen molar-refractivity contribution in [2.24, 2.45) is 15.6 Å². The van der Waals surface area contributed by atoms with Crippen molar-refractivity contribution >= 4 is 0 Å². The molecule has 46 valence electrons. The Morgan fingerprint density at radius 2 is 2.12 bits per heavy atom. The summed E-state index contributed by atoms with van der Waals surface area (Å²) in [6, 6.07) is 0.419. The first kappa shape index (κ1) is 5.73. The number of hydrogen-bond acceptors (Lipinski definition) is 2. The Labute approximate surface area is 50.0 Å². The molecule has 0 aromatic heterocycles. The first-order chi connectivity index (χ1) is 3.63. The Bertz CT molecular complexity index is 116. The third-order valence-electron chi connectivity index (χ3n) is 1.86. The summed E-state index contributed by atoms with van der Waals surface area (Å²) < 4.78 is 0. The maximum atomic E-state index is 4.01. The number of hydrogen-bond donors (Lipinski definition) is 0. The lowest BCUT2D eigenvalue weighted by molar-refractivity contribution is 0.359. The Morgan fingerprint density at radius 1 is 1.50 bits per heavy atom. The minimum Gasteiger partial charge on any atom is -0.193 e. The van der Waals surface area contributed by atoms with Gasteiger partial charge in [0.1, 0.15) is 0 Å². The molecule has 0 aromatic rings. The summed E-state index contributed by atoms with van der Waals surface area (Å²) >= 11 is 0. The van der Waals surface area contributed by atoms with Gasteiger partial charge in [0.05, 0.1) is 12.6 Å². The number of nitrogens with zero attached hydrogens (tertiary/aromatic N) is 2. The van der Waals surface area contributed by atoms with Crippen LogP contribution in [0.25, 0.3) is 0 Å². The third kappa shape index (κ3) is 0.746. The average Bonchev–Trinajstić information content (AvgIpc) is 1.86. The van der Waals surface area contributed by atoms with Crippen LogP contribution in [0.15, 0.2) is 10.2 Å². The smallest absolute Gasteiger partial charge is 0.0749 e. The molecular formula is C6H12N2. The van der Waals surface area contributed by atoms with Gasteiger partial charge in [-0.05, 0) is 6.92 Å². The van der Waals surface area contributed by atoms with Gasteiger partial charge >= 0.3 is 0 Å². The van der Waals surface area contributed by atoms with E-state index in [1.807, 2.05) is 0 Å². The van der Waals surface area contributed by atoms with Crippen LogP contribution in [0, 0.1) is 5.41 Å². The molecule has 1 aliphatic rings. The normalized spacial score (nSPS) is 33.6. The van der Waals surface area contributed by atoms with Gasteiger partial charge in [-0.25, -0.2) is 0 Å². The van der Waals surface area contributed by atoms with Crippen LogP contribution in [0.2, 0.25) is 0 Å². The van der Waals surface area contributed by atoms with Crippen LogP contribution >= 0.6 is 0 Å². The second-order valence-electron chi connectivity index (χ2n) is 3.08. The first-order valence-corrected chi connectivity index (χ1v) is 2.99. The van der Waals surface area contributed by atoms with Gasteiger partial charge in [-0.3, -0.25) is 0 Å². The van der Waals surface area contributed by atoms with Crippen molar-refractivity contribution in [1.82, 2.24) is 0 Å². The molecule has 0 aliphatic carbocycles. The Morgan fingerprint density at radius 3 is 2.25 bits per heavy atom. The second-order valence-corrected chi connectivity index (χ2v) is 3.08. The van der Waals surface area contributed by atoms with Gasteiger partial charge in [0.2, 0.25) is 0 Å². The Kier molecular flexibility index (Phi) is 1.10. The fourth-order valence-electron chi connectivity index (χ4n) is 0.634. The molecule has 1 rings (SSSR count). The van der Waals surface area contributed by atoms with Crippen molar-refractivity contribution in [1.29, 1.82) is 0 Å². The zero-order chi connectivity index (χ0) is 6.20. The minimum absolute atomic E-state index is 0.319. The summed E-state index contributed by atoms with van der Waals surface area (Å²) in [4.78, 5) is 0. The highest BCUT2D eigenvalue weighted by Crippen LogP contribution is 2.28. The zero-order valence-electron chi connectivity index (χ0n) is 5.68. The minimum atomic E-state index is 0.319. The van der Waals surface area contributed by atoms with Gasteiger partial charge in [0.15, 0.2) is 0 Å². The molecule has 2 nitrogen and oxygen atoms in total. The van der Waals surface area contributed by atoms with E-state index in [0.717, 1.165) is 6.54 Å². The standard InChI is InChI=1S/C6H12N2/c1-5-6(2,3)4-7-8-5/h5H,4H2,1-3H3. The quantitative estimate of drug-likeness (QED) is 0.457. The first-order valence-electron chi connectivity index (χ1n) is 2.99. The van der Waals surface area contributed by atoms with Crippen molar-refractivity contribution in [2.45, 2.75) is 26.8 Å². The monoisotopic (exact) mass is 112 g/mol. The molecule has 1 atom stereocenters. The fraction of sp³-hybridized carbons (Fsp3) is 1.00. The van der Waals surface area contributed by atoms with E-state index < -0.39 is 0 Å². The third-order valence-corrected chi connectivity index (χ3v) is 1.86.